The minimum Gasteiger partial charge on any atom is -0.508 e. The zero-order chi connectivity index (χ0) is 95.6. The Hall–Kier alpha value is -14.2. The minimum atomic E-state index is -1.87. The first-order valence-corrected chi connectivity index (χ1v) is 40.8. The number of hydrogen-bond donors (Lipinski definition) is 16. The molecule has 16 rings (SSSR count). The molecule has 40 heteroatoms. The van der Waals surface area contributed by atoms with Gasteiger partial charge in [-0.25, -0.2) is 52.7 Å². The molecule has 5 saturated heterocycles. The fourth-order valence-corrected chi connectivity index (χ4v) is 15.8. The predicted octanol–water partition coefficient (Wildman–Crippen LogP) is 2.64. The molecule has 10 bridgehead atoms. The third-order valence-corrected chi connectivity index (χ3v) is 22.8. The van der Waals surface area contributed by atoms with E-state index >= 15 is 0 Å². The van der Waals surface area contributed by atoms with Crippen LogP contribution in [0.5, 0.6) is 51.7 Å². The van der Waals surface area contributed by atoms with E-state index in [-0.39, 0.29) is 116 Å². The number of benzene rings is 6. The lowest BCUT2D eigenvalue weighted by atomic mass is 9.82. The molecule has 0 aromatic heterocycles. The zero-order valence-electron chi connectivity index (χ0n) is 70.2. The van der Waals surface area contributed by atoms with E-state index in [1.54, 1.807) is 55.5 Å². The summed E-state index contributed by atoms with van der Waals surface area (Å²) in [5.74, 6) is -8.52. The lowest BCUT2D eigenvalue weighted by Gasteiger charge is -2.35. The number of ether oxygens (including phenoxy) is 13. The highest BCUT2D eigenvalue weighted by Crippen LogP contribution is 2.46. The molecule has 0 radical (unpaired) electrons. The normalized spacial score (nSPS) is 30.0. The maximum Gasteiger partial charge on any atom is 0.338 e. The van der Waals surface area contributed by atoms with Crippen molar-refractivity contribution in [2.24, 2.45) is 0 Å². The predicted molar refractivity (Wildman–Crippen MR) is 446 cm³/mol. The van der Waals surface area contributed by atoms with Crippen molar-refractivity contribution in [3.05, 3.63) is 197 Å². The highest BCUT2D eigenvalue weighted by atomic mass is 16.7. The SMILES string of the molecule is COc1cc(/C=C/C(=O)OC2C[C@]3(O)CC(OC3=O)[C@@H]2O)ccc1O.COc1cc(/C=C/C(=O)O[C@@H]2C(OC(=O)/C=C/c3ccc(O)c(O)c3)C[C@]3(O)CC2OC3=O)ccc1O.Cc1cc(/C=C/C(=O)O[C@@H]2C(O)C[C@]3(O)CC2OC3=O)ccc1O.O=C(/C=C/c1ccc(O)cc1)OC1C[C@]2(O)CC(OC2=O)[C@@H]1O.O=C(/C=C/c1ccc(O)cc1)O[C@@H]1C(O)C[C@]2(O)CC1OC2=O. The first-order chi connectivity index (χ1) is 62.4. The van der Waals surface area contributed by atoms with E-state index in [1.165, 1.54) is 142 Å². The average Bonchev–Trinajstić information content (AvgIpc) is 1.62. The lowest BCUT2D eigenvalue weighted by molar-refractivity contribution is -0.178. The largest absolute Gasteiger partial charge is 0.508 e. The molecule has 6 aromatic carbocycles. The number of rotatable bonds is 20. The molecule has 5 aliphatic heterocycles. The monoisotopic (exact) mass is 1840 g/mol. The van der Waals surface area contributed by atoms with E-state index in [2.05, 4.69) is 0 Å². The second kappa shape index (κ2) is 40.4. The quantitative estimate of drug-likeness (QED) is 0.0226. The van der Waals surface area contributed by atoms with Gasteiger partial charge in [0.1, 0.15) is 78.3 Å². The molecule has 6 aromatic rings. The molecule has 5 saturated carbocycles. The summed E-state index contributed by atoms with van der Waals surface area (Å²) in [5.41, 5.74) is -4.40. The summed E-state index contributed by atoms with van der Waals surface area (Å²) in [4.78, 5) is 131. The van der Waals surface area contributed by atoms with Gasteiger partial charge in [0.05, 0.1) is 26.4 Å². The number of esters is 11. The van der Waals surface area contributed by atoms with Crippen LogP contribution < -0.4 is 9.47 Å². The molecule has 5 aliphatic carbocycles. The lowest BCUT2D eigenvalue weighted by Crippen LogP contribution is -2.51. The first-order valence-electron chi connectivity index (χ1n) is 40.8. The number of fused-ring (bicyclic) bond motifs is 10. The summed E-state index contributed by atoms with van der Waals surface area (Å²) in [6.07, 6.45) is -1.34. The van der Waals surface area contributed by atoms with Gasteiger partial charge in [-0.3, -0.25) is 0 Å². The third kappa shape index (κ3) is 23.3. The molecule has 16 N–H and O–H groups in total. The molecule has 10 aliphatic rings. The van der Waals surface area contributed by atoms with Crippen molar-refractivity contribution in [1.82, 2.24) is 0 Å². The van der Waals surface area contributed by atoms with Crippen LogP contribution in [0, 0.1) is 6.92 Å². The molecule has 132 heavy (non-hydrogen) atoms. The minimum absolute atomic E-state index is 0.00170. The number of carbonyl (C=O) groups is 11. The van der Waals surface area contributed by atoms with E-state index in [1.807, 2.05) is 0 Å². The number of phenols is 7. The van der Waals surface area contributed by atoms with Crippen molar-refractivity contribution in [3.63, 3.8) is 0 Å². The maximum absolute atomic E-state index is 12.6. The van der Waals surface area contributed by atoms with E-state index in [9.17, 15) is 134 Å². The van der Waals surface area contributed by atoms with Crippen LogP contribution >= 0.6 is 0 Å². The van der Waals surface area contributed by atoms with Crippen molar-refractivity contribution < 1.29 is 196 Å². The second-order valence-electron chi connectivity index (χ2n) is 32.5. The van der Waals surface area contributed by atoms with Gasteiger partial charge < -0.3 is 143 Å². The summed E-state index contributed by atoms with van der Waals surface area (Å²) < 4.78 is 66.4. The average molecular weight is 1840 g/mol. The van der Waals surface area contributed by atoms with Crippen molar-refractivity contribution in [2.45, 2.75) is 191 Å². The van der Waals surface area contributed by atoms with Gasteiger partial charge in [0.2, 0.25) is 0 Å². The Labute approximate surface area is 748 Å². The standard InChI is InChI=1S/C26H24O11.C17H18O8.C17H18O7.2C16H16O7/c1-34-19-11-15(3-7-17(19)28)5-9-23(31)37-24-20(12-26(33)13-21(24)36-25(26)32)35-22(30)8-4-14-2-6-16(27)18(29)10-14;1-23-11-6-9(2-4-10(11)18)3-5-14(19)24-12-7-17(22)8-13(15(12)20)25-16(17)21;1-9-6-10(2-4-11(9)18)3-5-14(20)24-15-12(19)7-17(22)8-13(15)23-16(17)21;17-10-4-1-9(2-5-10)3-6-13(18)22-11-7-16(21)8-12(14(11)19)23-15(16)20;17-10-4-1-9(2-5-10)3-6-13(19)23-14-11(18)7-16(21)8-12(14)22-15(16)20/h2-11,20-21,24,27-29,33H,12-13H2,1H3;2-6,12-13,15,18,20,22H,7-8H2,1H3;2-6,12-13,15,18-19,22H,7-8H2,1H3;1-6,11-12,14,17,19,21H,7-8H2;1-6,11-12,14,17-18,21H,7-8H2/b8-4+,9-5+;2*5-3+;2*6-3+/t20?,21?,24-,26+;2*12?,13?,15-,17+;2*11?,12?,14-,16+/m11111/s1. The number of aryl methyl sites for hydroxylation is 1. The number of hydrogen-bond acceptors (Lipinski definition) is 40. The Morgan fingerprint density at radius 3 is 0.917 bits per heavy atom. The Morgan fingerprint density at radius 1 is 0.303 bits per heavy atom. The van der Waals surface area contributed by atoms with Crippen LogP contribution in [-0.4, -0.2) is 281 Å². The number of aliphatic hydroxyl groups excluding tert-OH is 4. The molecular weight excluding hydrogens is 1740 g/mol. The Kier molecular flexibility index (Phi) is 29.7. The summed E-state index contributed by atoms with van der Waals surface area (Å²) in [5, 5.41) is 157. The summed E-state index contributed by atoms with van der Waals surface area (Å²) >= 11 is 0. The highest BCUT2D eigenvalue weighted by Gasteiger charge is 2.64. The summed E-state index contributed by atoms with van der Waals surface area (Å²) in [6, 6.07) is 30.2. The Morgan fingerprint density at radius 2 is 0.568 bits per heavy atom. The topological polar surface area (TPSA) is 631 Å². The molecular formula is C92H92O40. The van der Waals surface area contributed by atoms with E-state index < -0.39 is 185 Å². The van der Waals surface area contributed by atoms with Crippen LogP contribution in [0.3, 0.4) is 0 Å². The van der Waals surface area contributed by atoms with Crippen molar-refractivity contribution in [2.75, 3.05) is 14.2 Å². The highest BCUT2D eigenvalue weighted by molar-refractivity contribution is 5.92. The van der Waals surface area contributed by atoms with Gasteiger partial charge in [-0.15, -0.1) is 0 Å². The molecule has 5 heterocycles. The van der Waals surface area contributed by atoms with Gasteiger partial charge in [-0.2, -0.15) is 0 Å². The molecule has 20 atom stereocenters. The molecule has 700 valence electrons. The van der Waals surface area contributed by atoms with Crippen molar-refractivity contribution >= 4 is 102 Å². The van der Waals surface area contributed by atoms with Crippen LogP contribution in [0.2, 0.25) is 0 Å². The Balaban J connectivity index is 0.000000151. The zero-order valence-corrected chi connectivity index (χ0v) is 70.2. The van der Waals surface area contributed by atoms with Gasteiger partial charge in [0.15, 0.2) is 80.8 Å². The van der Waals surface area contributed by atoms with Crippen LogP contribution in [0.1, 0.15) is 103 Å². The van der Waals surface area contributed by atoms with E-state index in [0.29, 0.717) is 38.9 Å². The molecule has 0 amide bonds. The molecule has 10 fully saturated rings. The van der Waals surface area contributed by atoms with E-state index in [0.717, 1.165) is 18.2 Å². The third-order valence-electron chi connectivity index (χ3n) is 22.8. The number of phenolic OH excluding ortho intramolecular Hbond substituents is 7. The van der Waals surface area contributed by atoms with Crippen LogP contribution in [0.4, 0.5) is 0 Å². The first kappa shape index (κ1) is 96.8. The van der Waals surface area contributed by atoms with Crippen LogP contribution in [0.15, 0.2) is 158 Å². The number of methoxy groups -OCH3 is 2. The van der Waals surface area contributed by atoms with Crippen LogP contribution in [0.25, 0.3) is 36.5 Å². The molecule has 40 nitrogen and oxygen atoms in total. The smallest absolute Gasteiger partial charge is 0.338 e. The fourth-order valence-electron chi connectivity index (χ4n) is 15.8. The maximum atomic E-state index is 12.6. The van der Waals surface area contributed by atoms with Crippen LogP contribution in [-0.2, 0) is 105 Å². The molecule has 10 unspecified atom stereocenters. The Bertz CT molecular complexity index is 5560. The summed E-state index contributed by atoms with van der Waals surface area (Å²) in [6.45, 7) is 1.74. The van der Waals surface area contributed by atoms with Crippen molar-refractivity contribution in [3.8, 4) is 51.7 Å². The van der Waals surface area contributed by atoms with Crippen molar-refractivity contribution in [1.29, 1.82) is 0 Å². The fraction of sp³-hybridized carbons (Fsp3) is 0.359. The summed E-state index contributed by atoms with van der Waals surface area (Å²) in [7, 11) is 2.79. The van der Waals surface area contributed by atoms with Gasteiger partial charge >= 0.3 is 65.7 Å². The van der Waals surface area contributed by atoms with E-state index in [4.69, 9.17) is 61.6 Å². The number of aromatic hydroxyl groups is 7. The van der Waals surface area contributed by atoms with Gasteiger partial charge in [0, 0.05) is 101 Å². The number of aliphatic hydroxyl groups is 9. The van der Waals surface area contributed by atoms with Gasteiger partial charge in [-0.05, 0) is 155 Å². The number of carbonyl (C=O) groups excluding carboxylic acids is 11. The second-order valence-corrected chi connectivity index (χ2v) is 32.5. The molecule has 0 spiro atoms. The van der Waals surface area contributed by atoms with Gasteiger partial charge in [0.25, 0.3) is 0 Å². The van der Waals surface area contributed by atoms with Gasteiger partial charge in [-0.1, -0.05) is 48.5 Å².